The molecule has 7 heteroatoms. The Kier molecular flexibility index (Phi) is 4.96. The Morgan fingerprint density at radius 1 is 1.32 bits per heavy atom. The number of rotatable bonds is 5. The molecule has 0 aliphatic carbocycles. The van der Waals surface area contributed by atoms with Crippen LogP contribution in [-0.4, -0.2) is 43.9 Å². The van der Waals surface area contributed by atoms with Crippen molar-refractivity contribution in [1.82, 2.24) is 19.7 Å². The lowest BCUT2D eigenvalue weighted by molar-refractivity contribution is -0.0657. The highest BCUT2D eigenvalue weighted by molar-refractivity contribution is 5.27. The zero-order valence-corrected chi connectivity index (χ0v) is 14.2. The molecule has 1 fully saturated rings. The van der Waals surface area contributed by atoms with Gasteiger partial charge in [-0.25, -0.2) is 18.4 Å². The number of halogens is 2. The molecule has 1 aliphatic heterocycles. The molecule has 1 aromatic carbocycles. The van der Waals surface area contributed by atoms with E-state index in [1.807, 2.05) is 6.92 Å². The standard InChI is InChI=1S/C18H22F2N4O/c1-13-5-7-23(8-6-13)14(2)18(25,10-24-12-21-11-22-24)16-4-3-15(19)9-17(16)20/h3-4,9,11-12,14,25H,1,5-8,10H2,2H3/t14-,18+/m1/s1. The van der Waals surface area contributed by atoms with Crippen molar-refractivity contribution >= 4 is 0 Å². The van der Waals surface area contributed by atoms with Crippen molar-refractivity contribution in [3.05, 3.63) is 60.2 Å². The van der Waals surface area contributed by atoms with E-state index < -0.39 is 23.3 Å². The molecule has 0 radical (unpaired) electrons. The topological polar surface area (TPSA) is 54.2 Å². The van der Waals surface area contributed by atoms with Gasteiger partial charge in [-0.15, -0.1) is 0 Å². The Morgan fingerprint density at radius 2 is 2.04 bits per heavy atom. The summed E-state index contributed by atoms with van der Waals surface area (Å²) in [5.41, 5.74) is -0.345. The molecule has 0 unspecified atom stereocenters. The Balaban J connectivity index is 1.97. The van der Waals surface area contributed by atoms with E-state index in [-0.39, 0.29) is 12.1 Å². The molecule has 1 aliphatic rings. The maximum atomic E-state index is 14.5. The van der Waals surface area contributed by atoms with Crippen LogP contribution in [0.5, 0.6) is 0 Å². The highest BCUT2D eigenvalue weighted by atomic mass is 19.1. The van der Waals surface area contributed by atoms with Gasteiger partial charge in [-0.2, -0.15) is 5.10 Å². The molecule has 5 nitrogen and oxygen atoms in total. The van der Waals surface area contributed by atoms with Crippen molar-refractivity contribution in [2.24, 2.45) is 0 Å². The second kappa shape index (κ2) is 7.01. The van der Waals surface area contributed by atoms with Crippen molar-refractivity contribution in [2.75, 3.05) is 13.1 Å². The van der Waals surface area contributed by atoms with E-state index in [0.717, 1.165) is 38.1 Å². The van der Waals surface area contributed by atoms with E-state index >= 15 is 0 Å². The van der Waals surface area contributed by atoms with Gasteiger partial charge in [0.25, 0.3) is 0 Å². The third-order valence-corrected chi connectivity index (χ3v) is 5.01. The summed E-state index contributed by atoms with van der Waals surface area (Å²) in [5.74, 6) is -1.44. The van der Waals surface area contributed by atoms with Gasteiger partial charge in [0, 0.05) is 30.8 Å². The van der Waals surface area contributed by atoms with E-state index in [1.54, 1.807) is 0 Å². The SMILES string of the molecule is C=C1CCN([C@H](C)[C@@](O)(Cn2cncn2)c2ccc(F)cc2F)CC1. The van der Waals surface area contributed by atoms with Crippen LogP contribution in [0, 0.1) is 11.6 Å². The summed E-state index contributed by atoms with van der Waals surface area (Å²) in [6.07, 6.45) is 4.51. The second-order valence-electron chi connectivity index (χ2n) is 6.60. The van der Waals surface area contributed by atoms with E-state index in [4.69, 9.17) is 0 Å². The van der Waals surface area contributed by atoms with Crippen LogP contribution in [0.1, 0.15) is 25.3 Å². The van der Waals surface area contributed by atoms with Gasteiger partial charge in [-0.05, 0) is 25.8 Å². The minimum absolute atomic E-state index is 0.0220. The summed E-state index contributed by atoms with van der Waals surface area (Å²) >= 11 is 0. The van der Waals surface area contributed by atoms with Gasteiger partial charge in [-0.3, -0.25) is 4.90 Å². The largest absolute Gasteiger partial charge is 0.381 e. The number of hydrogen-bond acceptors (Lipinski definition) is 4. The van der Waals surface area contributed by atoms with Crippen LogP contribution < -0.4 is 0 Å². The molecule has 1 N–H and O–H groups in total. The van der Waals surface area contributed by atoms with Gasteiger partial charge in [-0.1, -0.05) is 18.2 Å². The van der Waals surface area contributed by atoms with Crippen LogP contribution in [-0.2, 0) is 12.1 Å². The molecular weight excluding hydrogens is 326 g/mol. The summed E-state index contributed by atoms with van der Waals surface area (Å²) in [6, 6.07) is 2.87. The fourth-order valence-electron chi connectivity index (χ4n) is 3.37. The molecule has 134 valence electrons. The normalized spacial score (nSPS) is 19.6. The van der Waals surface area contributed by atoms with Gasteiger partial charge >= 0.3 is 0 Å². The summed E-state index contributed by atoms with van der Waals surface area (Å²) in [5, 5.41) is 15.5. The fraction of sp³-hybridized carbons (Fsp3) is 0.444. The van der Waals surface area contributed by atoms with Crippen molar-refractivity contribution in [2.45, 2.75) is 38.0 Å². The Bertz CT molecular complexity index is 740. The van der Waals surface area contributed by atoms with Crippen LogP contribution >= 0.6 is 0 Å². The lowest BCUT2D eigenvalue weighted by Gasteiger charge is -2.43. The molecule has 0 amide bonds. The average Bonchev–Trinajstić information content (AvgIpc) is 3.07. The molecule has 25 heavy (non-hydrogen) atoms. The van der Waals surface area contributed by atoms with Crippen LogP contribution in [0.2, 0.25) is 0 Å². The first-order valence-corrected chi connectivity index (χ1v) is 8.31. The number of likely N-dealkylation sites (tertiary alicyclic amines) is 1. The molecule has 0 saturated carbocycles. The zero-order chi connectivity index (χ0) is 18.0. The smallest absolute Gasteiger partial charge is 0.137 e. The number of aromatic nitrogens is 3. The second-order valence-corrected chi connectivity index (χ2v) is 6.60. The van der Waals surface area contributed by atoms with Crippen LogP contribution in [0.3, 0.4) is 0 Å². The average molecular weight is 348 g/mol. The molecule has 3 rings (SSSR count). The lowest BCUT2D eigenvalue weighted by Crippen LogP contribution is -2.53. The molecule has 2 heterocycles. The highest BCUT2D eigenvalue weighted by Crippen LogP contribution is 2.34. The van der Waals surface area contributed by atoms with Gasteiger partial charge in [0.2, 0.25) is 0 Å². The van der Waals surface area contributed by atoms with Crippen molar-refractivity contribution in [3.8, 4) is 0 Å². The Morgan fingerprint density at radius 3 is 2.64 bits per heavy atom. The third kappa shape index (κ3) is 3.62. The molecule has 2 atom stereocenters. The molecule has 0 bridgehead atoms. The number of aliphatic hydroxyl groups is 1. The summed E-state index contributed by atoms with van der Waals surface area (Å²) in [7, 11) is 0. The van der Waals surface area contributed by atoms with Crippen LogP contribution in [0.25, 0.3) is 0 Å². The first kappa shape index (κ1) is 17.7. The van der Waals surface area contributed by atoms with Crippen molar-refractivity contribution in [3.63, 3.8) is 0 Å². The quantitative estimate of drug-likeness (QED) is 0.844. The van der Waals surface area contributed by atoms with Crippen LogP contribution in [0.4, 0.5) is 8.78 Å². The maximum Gasteiger partial charge on any atom is 0.137 e. The van der Waals surface area contributed by atoms with E-state index in [1.165, 1.54) is 29.0 Å². The minimum atomic E-state index is -1.58. The molecule has 1 saturated heterocycles. The Labute approximate surface area is 145 Å². The van der Waals surface area contributed by atoms with E-state index in [9.17, 15) is 13.9 Å². The first-order valence-electron chi connectivity index (χ1n) is 8.31. The lowest BCUT2D eigenvalue weighted by atomic mass is 9.84. The zero-order valence-electron chi connectivity index (χ0n) is 14.2. The maximum absolute atomic E-state index is 14.5. The van der Waals surface area contributed by atoms with Gasteiger partial charge in [0.15, 0.2) is 0 Å². The molecular formula is C18H22F2N4O. The van der Waals surface area contributed by atoms with Gasteiger partial charge in [0.05, 0.1) is 6.54 Å². The minimum Gasteiger partial charge on any atom is -0.381 e. The molecule has 1 aromatic heterocycles. The fourth-order valence-corrected chi connectivity index (χ4v) is 3.37. The Hall–Kier alpha value is -2.12. The van der Waals surface area contributed by atoms with E-state index in [2.05, 4.69) is 21.6 Å². The highest BCUT2D eigenvalue weighted by Gasteiger charge is 2.42. The van der Waals surface area contributed by atoms with Crippen molar-refractivity contribution < 1.29 is 13.9 Å². The first-order chi connectivity index (χ1) is 11.9. The van der Waals surface area contributed by atoms with E-state index in [0.29, 0.717) is 0 Å². The van der Waals surface area contributed by atoms with Gasteiger partial charge in [0.1, 0.15) is 29.9 Å². The summed E-state index contributed by atoms with van der Waals surface area (Å²) in [6.45, 7) is 7.35. The molecule has 2 aromatic rings. The third-order valence-electron chi connectivity index (χ3n) is 5.01. The summed E-state index contributed by atoms with van der Waals surface area (Å²) < 4.78 is 29.3. The van der Waals surface area contributed by atoms with Crippen molar-refractivity contribution in [1.29, 1.82) is 0 Å². The predicted octanol–water partition coefficient (Wildman–Crippen LogP) is 2.48. The number of benzene rings is 1. The number of piperidine rings is 1. The molecule has 0 spiro atoms. The van der Waals surface area contributed by atoms with Gasteiger partial charge < -0.3 is 5.11 Å². The predicted molar refractivity (Wildman–Crippen MR) is 89.7 cm³/mol. The monoisotopic (exact) mass is 348 g/mol. The number of hydrogen-bond donors (Lipinski definition) is 1. The summed E-state index contributed by atoms with van der Waals surface area (Å²) in [4.78, 5) is 5.99. The number of nitrogens with zero attached hydrogens (tertiary/aromatic N) is 4. The van der Waals surface area contributed by atoms with Crippen LogP contribution in [0.15, 0.2) is 43.0 Å².